The fourth-order valence-electron chi connectivity index (χ4n) is 1.92. The minimum absolute atomic E-state index is 0.0269. The zero-order valence-corrected chi connectivity index (χ0v) is 9.28. The van der Waals surface area contributed by atoms with E-state index in [1.54, 1.807) is 0 Å². The maximum absolute atomic E-state index is 12.3. The molecule has 0 spiro atoms. The molecule has 4 nitrogen and oxygen atoms in total. The van der Waals surface area contributed by atoms with Gasteiger partial charge in [0, 0.05) is 18.6 Å². The van der Waals surface area contributed by atoms with Crippen molar-refractivity contribution in [2.45, 2.75) is 31.6 Å². The molecule has 2 unspecified atom stereocenters. The van der Waals surface area contributed by atoms with Crippen molar-refractivity contribution in [3.63, 3.8) is 0 Å². The van der Waals surface area contributed by atoms with Gasteiger partial charge in [0.2, 0.25) is 0 Å². The average molecular weight is 246 g/mol. The highest BCUT2D eigenvalue weighted by Crippen LogP contribution is 2.28. The molecule has 0 bridgehead atoms. The van der Waals surface area contributed by atoms with Crippen molar-refractivity contribution in [1.29, 1.82) is 0 Å². The van der Waals surface area contributed by atoms with Crippen LogP contribution < -0.4 is 10.6 Å². The number of nitrogens with zero attached hydrogens (tertiary/aromatic N) is 3. The van der Waals surface area contributed by atoms with Gasteiger partial charge in [0.25, 0.3) is 0 Å². The lowest BCUT2D eigenvalue weighted by atomic mass is 10.2. The van der Waals surface area contributed by atoms with Crippen LogP contribution in [0.5, 0.6) is 0 Å². The number of hydrogen-bond acceptors (Lipinski definition) is 4. The summed E-state index contributed by atoms with van der Waals surface area (Å²) >= 11 is 0. The molecule has 1 aliphatic rings. The third-order valence-electron chi connectivity index (χ3n) is 3.05. The van der Waals surface area contributed by atoms with Crippen LogP contribution in [0, 0.1) is 0 Å². The Bertz CT molecular complexity index is 390. The summed E-state index contributed by atoms with van der Waals surface area (Å²) in [6, 6.07) is 2.38. The average Bonchev–Trinajstić information content (AvgIpc) is 2.59. The maximum Gasteiger partial charge on any atom is 0.435 e. The minimum atomic E-state index is -4.45. The van der Waals surface area contributed by atoms with E-state index < -0.39 is 11.9 Å². The van der Waals surface area contributed by atoms with Crippen molar-refractivity contribution in [2.24, 2.45) is 5.73 Å². The Morgan fingerprint density at radius 3 is 2.47 bits per heavy atom. The molecule has 7 heteroatoms. The zero-order chi connectivity index (χ0) is 12.6. The van der Waals surface area contributed by atoms with Gasteiger partial charge in [-0.3, -0.25) is 0 Å². The molecule has 0 aromatic carbocycles. The SMILES string of the molecule is CC1C(N)CCN1c1ccc(C(F)(F)F)nn1. The number of hydrogen-bond donors (Lipinski definition) is 1. The van der Waals surface area contributed by atoms with Crippen LogP contribution in [0.4, 0.5) is 19.0 Å². The Morgan fingerprint density at radius 1 is 1.35 bits per heavy atom. The van der Waals surface area contributed by atoms with E-state index in [-0.39, 0.29) is 12.1 Å². The molecule has 1 aromatic rings. The largest absolute Gasteiger partial charge is 0.435 e. The quantitative estimate of drug-likeness (QED) is 0.814. The van der Waals surface area contributed by atoms with Crippen LogP contribution in [0.2, 0.25) is 0 Å². The summed E-state index contributed by atoms with van der Waals surface area (Å²) in [4.78, 5) is 1.87. The van der Waals surface area contributed by atoms with Gasteiger partial charge in [-0.2, -0.15) is 13.2 Å². The highest BCUT2D eigenvalue weighted by Gasteiger charge is 2.34. The van der Waals surface area contributed by atoms with E-state index in [1.807, 2.05) is 11.8 Å². The molecule has 17 heavy (non-hydrogen) atoms. The highest BCUT2D eigenvalue weighted by molar-refractivity contribution is 5.41. The second-order valence-corrected chi connectivity index (χ2v) is 4.16. The molecule has 2 atom stereocenters. The predicted molar refractivity (Wildman–Crippen MR) is 56.4 cm³/mol. The normalized spacial score (nSPS) is 25.4. The standard InChI is InChI=1S/C10H13F3N4/c1-6-7(14)4-5-17(6)9-3-2-8(15-16-9)10(11,12)13/h2-3,6-7H,4-5,14H2,1H3. The van der Waals surface area contributed by atoms with E-state index in [9.17, 15) is 13.2 Å². The zero-order valence-electron chi connectivity index (χ0n) is 9.28. The molecule has 1 saturated heterocycles. The monoisotopic (exact) mass is 246 g/mol. The first-order valence-corrected chi connectivity index (χ1v) is 5.33. The lowest BCUT2D eigenvalue weighted by Crippen LogP contribution is -2.37. The van der Waals surface area contributed by atoms with Crippen molar-refractivity contribution >= 4 is 5.82 Å². The van der Waals surface area contributed by atoms with Crippen molar-refractivity contribution < 1.29 is 13.2 Å². The molecule has 0 amide bonds. The molecule has 0 saturated carbocycles. The van der Waals surface area contributed by atoms with Crippen LogP contribution in [0.25, 0.3) is 0 Å². The molecule has 94 valence electrons. The van der Waals surface area contributed by atoms with Gasteiger partial charge in [-0.1, -0.05) is 0 Å². The Labute approximate surface area is 96.6 Å². The van der Waals surface area contributed by atoms with Crippen molar-refractivity contribution in [2.75, 3.05) is 11.4 Å². The van der Waals surface area contributed by atoms with Gasteiger partial charge in [-0.05, 0) is 25.5 Å². The van der Waals surface area contributed by atoms with E-state index in [1.165, 1.54) is 6.07 Å². The minimum Gasteiger partial charge on any atom is -0.351 e. The van der Waals surface area contributed by atoms with Crippen LogP contribution in [0.3, 0.4) is 0 Å². The molecule has 2 N–H and O–H groups in total. The molecule has 2 heterocycles. The summed E-state index contributed by atoms with van der Waals surface area (Å²) in [5.41, 5.74) is 4.86. The second-order valence-electron chi connectivity index (χ2n) is 4.16. The van der Waals surface area contributed by atoms with E-state index in [2.05, 4.69) is 10.2 Å². The van der Waals surface area contributed by atoms with E-state index in [0.717, 1.165) is 12.5 Å². The first-order valence-electron chi connectivity index (χ1n) is 5.33. The van der Waals surface area contributed by atoms with E-state index in [4.69, 9.17) is 5.73 Å². The maximum atomic E-state index is 12.3. The number of aromatic nitrogens is 2. The first-order chi connectivity index (χ1) is 7.89. The molecule has 1 aliphatic heterocycles. The number of anilines is 1. The third kappa shape index (κ3) is 2.33. The Balaban J connectivity index is 2.19. The molecule has 2 rings (SSSR count). The summed E-state index contributed by atoms with van der Waals surface area (Å²) < 4.78 is 36.9. The number of nitrogens with two attached hydrogens (primary N) is 1. The van der Waals surface area contributed by atoms with Crippen LogP contribution in [-0.2, 0) is 6.18 Å². The Morgan fingerprint density at radius 2 is 2.06 bits per heavy atom. The fraction of sp³-hybridized carbons (Fsp3) is 0.600. The van der Waals surface area contributed by atoms with Gasteiger partial charge in [0.05, 0.1) is 0 Å². The van der Waals surface area contributed by atoms with Gasteiger partial charge in [0.15, 0.2) is 11.5 Å². The smallest absolute Gasteiger partial charge is 0.351 e. The summed E-state index contributed by atoms with van der Waals surface area (Å²) in [5, 5.41) is 6.81. The lowest BCUT2D eigenvalue weighted by Gasteiger charge is -2.23. The lowest BCUT2D eigenvalue weighted by molar-refractivity contribution is -0.141. The van der Waals surface area contributed by atoms with Gasteiger partial charge >= 0.3 is 6.18 Å². The Hall–Kier alpha value is -1.37. The summed E-state index contributed by atoms with van der Waals surface area (Å²) in [7, 11) is 0. The van der Waals surface area contributed by atoms with Crippen molar-refractivity contribution in [3.8, 4) is 0 Å². The van der Waals surface area contributed by atoms with Gasteiger partial charge in [0.1, 0.15) is 0 Å². The molecular weight excluding hydrogens is 233 g/mol. The van der Waals surface area contributed by atoms with Crippen LogP contribution in [0.15, 0.2) is 12.1 Å². The molecule has 1 aromatic heterocycles. The first kappa shape index (κ1) is 12.1. The fourth-order valence-corrected chi connectivity index (χ4v) is 1.92. The van der Waals surface area contributed by atoms with E-state index >= 15 is 0 Å². The third-order valence-corrected chi connectivity index (χ3v) is 3.05. The van der Waals surface area contributed by atoms with Crippen LogP contribution in [-0.4, -0.2) is 28.8 Å². The summed E-state index contributed by atoms with van der Waals surface area (Å²) in [5.74, 6) is 0.443. The highest BCUT2D eigenvalue weighted by atomic mass is 19.4. The molecular formula is C10H13F3N4. The van der Waals surface area contributed by atoms with Gasteiger partial charge in [-0.25, -0.2) is 0 Å². The second kappa shape index (κ2) is 4.14. The summed E-state index contributed by atoms with van der Waals surface area (Å²) in [6.07, 6.45) is -3.64. The van der Waals surface area contributed by atoms with E-state index in [0.29, 0.717) is 12.4 Å². The number of rotatable bonds is 1. The van der Waals surface area contributed by atoms with Crippen molar-refractivity contribution in [3.05, 3.63) is 17.8 Å². The van der Waals surface area contributed by atoms with Crippen molar-refractivity contribution in [1.82, 2.24) is 10.2 Å². The number of alkyl halides is 3. The molecule has 0 aliphatic carbocycles. The topological polar surface area (TPSA) is 55.0 Å². The Kier molecular flexibility index (Phi) is 2.94. The van der Waals surface area contributed by atoms with Gasteiger partial charge in [-0.15, -0.1) is 10.2 Å². The molecule has 0 radical (unpaired) electrons. The van der Waals surface area contributed by atoms with Gasteiger partial charge < -0.3 is 10.6 Å². The number of halogens is 3. The predicted octanol–water partition coefficient (Wildman–Crippen LogP) is 1.42. The summed E-state index contributed by atoms with van der Waals surface area (Å²) in [6.45, 7) is 2.62. The molecule has 1 fully saturated rings. The van der Waals surface area contributed by atoms with Crippen LogP contribution in [0.1, 0.15) is 19.0 Å². The van der Waals surface area contributed by atoms with Crippen LogP contribution >= 0.6 is 0 Å².